The lowest BCUT2D eigenvalue weighted by molar-refractivity contribution is -0.128. The summed E-state index contributed by atoms with van der Waals surface area (Å²) >= 11 is 15.4. The molecular formula is C32H39BrCl2N4O6. The molecule has 45 heavy (non-hydrogen) atoms. The van der Waals surface area contributed by atoms with Crippen molar-refractivity contribution >= 4 is 74.5 Å². The molecule has 244 valence electrons. The molecule has 13 heteroatoms. The molecule has 3 aliphatic heterocycles. The number of likely N-dealkylation sites (tertiary alicyclic amines) is 2. The number of rotatable bonds is 2. The zero-order chi connectivity index (χ0) is 33.6. The van der Waals surface area contributed by atoms with E-state index >= 15 is 0 Å². The summed E-state index contributed by atoms with van der Waals surface area (Å²) < 4.78 is 11.4. The van der Waals surface area contributed by atoms with Crippen LogP contribution in [0, 0.1) is 5.92 Å². The summed E-state index contributed by atoms with van der Waals surface area (Å²) in [6.07, 6.45) is -0.760. The molecular weight excluding hydrogens is 687 g/mol. The van der Waals surface area contributed by atoms with Gasteiger partial charge in [-0.2, -0.15) is 0 Å². The molecule has 0 aliphatic carbocycles. The molecule has 0 unspecified atom stereocenters. The number of hydrogen-bond acceptors (Lipinski definition) is 6. The summed E-state index contributed by atoms with van der Waals surface area (Å²) in [5, 5.41) is 1.16. The van der Waals surface area contributed by atoms with Gasteiger partial charge in [0, 0.05) is 60.5 Å². The summed E-state index contributed by atoms with van der Waals surface area (Å²) in [5.74, 6) is -0.268. The summed E-state index contributed by atoms with van der Waals surface area (Å²) in [5.41, 5.74) is 0.742. The lowest BCUT2D eigenvalue weighted by Gasteiger charge is -2.46. The van der Waals surface area contributed by atoms with Gasteiger partial charge in [-0.15, -0.1) is 0 Å². The van der Waals surface area contributed by atoms with Crippen LogP contribution in [0.15, 0.2) is 40.9 Å². The van der Waals surface area contributed by atoms with E-state index in [1.165, 1.54) is 4.90 Å². The Labute approximate surface area is 282 Å². The first kappa shape index (κ1) is 34.8. The van der Waals surface area contributed by atoms with Gasteiger partial charge in [0.2, 0.25) is 11.8 Å². The summed E-state index contributed by atoms with van der Waals surface area (Å²) in [6, 6.07) is 10.7. The summed E-state index contributed by atoms with van der Waals surface area (Å²) in [7, 11) is 3.44. The number of carbonyl (C=O) groups is 4. The molecule has 1 spiro atoms. The van der Waals surface area contributed by atoms with Gasteiger partial charge in [-0.1, -0.05) is 29.3 Å². The fraction of sp³-hybridized carbons (Fsp3) is 0.500. The van der Waals surface area contributed by atoms with Crippen molar-refractivity contribution < 1.29 is 28.7 Å². The van der Waals surface area contributed by atoms with E-state index in [-0.39, 0.29) is 29.9 Å². The van der Waals surface area contributed by atoms with E-state index in [1.807, 2.05) is 47.6 Å². The molecule has 0 saturated carbocycles. The monoisotopic (exact) mass is 724 g/mol. The predicted octanol–water partition coefficient (Wildman–Crippen LogP) is 6.74. The quantitative estimate of drug-likeness (QED) is 0.340. The molecule has 3 aliphatic rings. The average molecular weight is 726 g/mol. The average Bonchev–Trinajstić information content (AvgIpc) is 3.07. The van der Waals surface area contributed by atoms with Crippen molar-refractivity contribution in [2.75, 3.05) is 50.1 Å². The topological polar surface area (TPSA) is 99.7 Å². The molecule has 2 aromatic rings. The number of anilines is 2. The Morgan fingerprint density at radius 1 is 0.889 bits per heavy atom. The number of ether oxygens (including phenoxy) is 2. The van der Waals surface area contributed by atoms with E-state index in [2.05, 4.69) is 15.9 Å². The van der Waals surface area contributed by atoms with Gasteiger partial charge in [-0.05, 0) is 93.4 Å². The highest BCUT2D eigenvalue weighted by atomic mass is 79.9. The van der Waals surface area contributed by atoms with Crippen LogP contribution in [0.3, 0.4) is 0 Å². The minimum absolute atomic E-state index is 0.00424. The van der Waals surface area contributed by atoms with Gasteiger partial charge in [0.1, 0.15) is 16.6 Å². The van der Waals surface area contributed by atoms with Crippen molar-refractivity contribution in [3.63, 3.8) is 0 Å². The number of nitrogens with zero attached hydrogens (tertiary/aromatic N) is 4. The van der Waals surface area contributed by atoms with Crippen LogP contribution in [-0.4, -0.2) is 85.3 Å². The van der Waals surface area contributed by atoms with Crippen LogP contribution in [0.4, 0.5) is 21.0 Å². The number of fused-ring (bicyclic) bond motifs is 2. The molecule has 3 heterocycles. The van der Waals surface area contributed by atoms with Crippen molar-refractivity contribution in [3.8, 4) is 0 Å². The zero-order valence-corrected chi connectivity index (χ0v) is 29.8. The fourth-order valence-electron chi connectivity index (χ4n) is 5.34. The maximum absolute atomic E-state index is 12.6. The third kappa shape index (κ3) is 7.52. The van der Waals surface area contributed by atoms with Crippen molar-refractivity contribution in [1.82, 2.24) is 9.80 Å². The largest absolute Gasteiger partial charge is 0.444 e. The third-order valence-electron chi connectivity index (χ3n) is 7.61. The van der Waals surface area contributed by atoms with Crippen LogP contribution in [0.2, 0.25) is 10.0 Å². The molecule has 2 aromatic carbocycles. The molecule has 2 saturated heterocycles. The lowest BCUT2D eigenvalue weighted by Crippen LogP contribution is -2.65. The summed E-state index contributed by atoms with van der Waals surface area (Å²) in [4.78, 5) is 55.4. The second-order valence-corrected chi connectivity index (χ2v) is 15.2. The van der Waals surface area contributed by atoms with E-state index < -0.39 is 16.6 Å². The highest BCUT2D eigenvalue weighted by molar-refractivity contribution is 9.10. The van der Waals surface area contributed by atoms with E-state index in [0.29, 0.717) is 41.9 Å². The second kappa shape index (κ2) is 12.6. The van der Waals surface area contributed by atoms with Crippen molar-refractivity contribution in [3.05, 3.63) is 56.5 Å². The maximum atomic E-state index is 12.6. The standard InChI is InChI=1S/C16H20BrClN2O3.C16H19ClN2O3/c1-16(2,3)23-15(22)20-8-10(9-20)14(21)19(4)13-7-11(18)5-6-12(13)17;1-15(2,3)22-14(21)19-8-16(9-19)11-6-5-10(17)7-12(11)18(4)13(16)20/h5-7,10H,8-9H2,1-4H3;5-7H,8-9H2,1-4H3. The van der Waals surface area contributed by atoms with Gasteiger partial charge >= 0.3 is 12.2 Å². The van der Waals surface area contributed by atoms with Gasteiger partial charge in [0.25, 0.3) is 0 Å². The second-order valence-electron chi connectivity index (χ2n) is 13.5. The molecule has 4 amide bonds. The number of carbonyl (C=O) groups excluding carboxylic acids is 4. The minimum atomic E-state index is -0.647. The van der Waals surface area contributed by atoms with Crippen molar-refractivity contribution in [1.29, 1.82) is 0 Å². The Bertz CT molecular complexity index is 1510. The molecule has 0 aromatic heterocycles. The van der Waals surface area contributed by atoms with E-state index in [1.54, 1.807) is 59.1 Å². The number of amides is 4. The molecule has 0 radical (unpaired) electrons. The van der Waals surface area contributed by atoms with E-state index in [0.717, 1.165) is 15.7 Å². The van der Waals surface area contributed by atoms with Gasteiger partial charge in [-0.3, -0.25) is 9.59 Å². The number of halogens is 3. The number of benzene rings is 2. The minimum Gasteiger partial charge on any atom is -0.444 e. The first-order valence-corrected chi connectivity index (χ1v) is 16.0. The van der Waals surface area contributed by atoms with Crippen LogP contribution in [0.1, 0.15) is 47.1 Å². The zero-order valence-electron chi connectivity index (χ0n) is 26.7. The van der Waals surface area contributed by atoms with Crippen molar-refractivity contribution in [2.45, 2.75) is 58.2 Å². The van der Waals surface area contributed by atoms with Gasteiger partial charge in [0.15, 0.2) is 0 Å². The highest BCUT2D eigenvalue weighted by Gasteiger charge is 2.59. The van der Waals surface area contributed by atoms with E-state index in [4.69, 9.17) is 32.7 Å². The lowest BCUT2D eigenvalue weighted by atomic mass is 9.75. The van der Waals surface area contributed by atoms with Crippen LogP contribution in [0.25, 0.3) is 0 Å². The maximum Gasteiger partial charge on any atom is 0.410 e. The van der Waals surface area contributed by atoms with Gasteiger partial charge in [0.05, 0.1) is 11.6 Å². The molecule has 0 N–H and O–H groups in total. The molecule has 0 atom stereocenters. The van der Waals surface area contributed by atoms with Gasteiger partial charge < -0.3 is 29.1 Å². The predicted molar refractivity (Wildman–Crippen MR) is 178 cm³/mol. The SMILES string of the molecule is CN(C(=O)C1CN(C(=O)OC(C)(C)C)C1)c1cc(Cl)ccc1Br.CN1C(=O)C2(CN(C(=O)OC(C)(C)C)C2)c2ccc(Cl)cc21. The normalized spacial score (nSPS) is 17.1. The Balaban J connectivity index is 0.000000205. The van der Waals surface area contributed by atoms with Crippen LogP contribution < -0.4 is 9.80 Å². The number of likely N-dealkylation sites (N-methyl/N-ethyl adjacent to an activating group) is 1. The highest BCUT2D eigenvalue weighted by Crippen LogP contribution is 2.47. The molecule has 2 fully saturated rings. The Hall–Kier alpha value is -3.02. The van der Waals surface area contributed by atoms with Crippen LogP contribution >= 0.6 is 39.1 Å². The third-order valence-corrected chi connectivity index (χ3v) is 8.75. The molecule has 5 rings (SSSR count). The first-order valence-electron chi connectivity index (χ1n) is 14.5. The van der Waals surface area contributed by atoms with Crippen LogP contribution in [0.5, 0.6) is 0 Å². The fourth-order valence-corrected chi connectivity index (χ4v) is 6.19. The molecule has 10 nitrogen and oxygen atoms in total. The first-order chi connectivity index (χ1) is 20.7. The van der Waals surface area contributed by atoms with Crippen LogP contribution in [-0.2, 0) is 24.5 Å². The Kier molecular flexibility index (Phi) is 9.79. The molecule has 0 bridgehead atoms. The van der Waals surface area contributed by atoms with Gasteiger partial charge in [-0.25, -0.2) is 9.59 Å². The smallest absolute Gasteiger partial charge is 0.410 e. The summed E-state index contributed by atoms with van der Waals surface area (Å²) in [6.45, 7) is 12.4. The van der Waals surface area contributed by atoms with Crippen molar-refractivity contribution in [2.24, 2.45) is 5.92 Å². The number of hydrogen-bond donors (Lipinski definition) is 0. The Morgan fingerprint density at radius 3 is 1.96 bits per heavy atom. The van der Waals surface area contributed by atoms with E-state index in [9.17, 15) is 19.2 Å². The Morgan fingerprint density at radius 2 is 1.40 bits per heavy atom.